The van der Waals surface area contributed by atoms with Crippen molar-refractivity contribution in [2.24, 2.45) is 23.2 Å². The van der Waals surface area contributed by atoms with Gasteiger partial charge in [-0.05, 0) is 55.6 Å². The fourth-order valence-corrected chi connectivity index (χ4v) is 6.83. The molecule has 4 nitrogen and oxygen atoms in total. The first-order valence-corrected chi connectivity index (χ1v) is 11.2. The molecule has 4 heteroatoms. The molecule has 0 radical (unpaired) electrons. The van der Waals surface area contributed by atoms with E-state index < -0.39 is 5.60 Å². The van der Waals surface area contributed by atoms with E-state index in [1.165, 1.54) is 17.5 Å². The van der Waals surface area contributed by atoms with E-state index in [1.54, 1.807) is 13.2 Å². The number of hydrogen-bond acceptors (Lipinski definition) is 4. The number of phenols is 1. The van der Waals surface area contributed by atoms with Gasteiger partial charge in [0, 0.05) is 24.0 Å². The molecule has 3 unspecified atom stereocenters. The summed E-state index contributed by atoms with van der Waals surface area (Å²) in [4.78, 5) is 0. The van der Waals surface area contributed by atoms with Crippen LogP contribution in [0.25, 0.3) is 0 Å². The second kappa shape index (κ2) is 6.62. The van der Waals surface area contributed by atoms with Gasteiger partial charge in [0.2, 0.25) is 0 Å². The third-order valence-corrected chi connectivity index (χ3v) is 8.88. The lowest BCUT2D eigenvalue weighted by molar-refractivity contribution is -0.199. The van der Waals surface area contributed by atoms with Crippen LogP contribution in [0.5, 0.6) is 11.5 Å². The summed E-state index contributed by atoms with van der Waals surface area (Å²) in [5.41, 5.74) is 1.05. The van der Waals surface area contributed by atoms with Crippen LogP contribution in [0.3, 0.4) is 0 Å². The van der Waals surface area contributed by atoms with Crippen molar-refractivity contribution in [3.63, 3.8) is 0 Å². The van der Waals surface area contributed by atoms with Gasteiger partial charge in [0.05, 0.1) is 5.60 Å². The minimum Gasteiger partial charge on any atom is -0.504 e. The lowest BCUT2D eigenvalue weighted by Gasteiger charge is -2.59. The van der Waals surface area contributed by atoms with Crippen LogP contribution in [0.4, 0.5) is 0 Å². The smallest absolute Gasteiger partial charge is 0.165 e. The van der Waals surface area contributed by atoms with Crippen molar-refractivity contribution in [3.8, 4) is 11.5 Å². The summed E-state index contributed by atoms with van der Waals surface area (Å²) in [6, 6.07) is 3.76. The normalized spacial score (nSPS) is 38.4. The number of aromatic hydroxyl groups is 1. The maximum Gasteiger partial charge on any atom is 0.165 e. The molecule has 3 aliphatic rings. The lowest BCUT2D eigenvalue weighted by atomic mass is 9.47. The van der Waals surface area contributed by atoms with Crippen molar-refractivity contribution in [2.75, 3.05) is 7.11 Å². The standard InChI is InChI=1S/C25H38O4/c1-14-9-8-12-25-16(14)13-17(24(6,27)23(3,4)5)20(28-7)22(25)29-21-18(26)11-10-15(2)19(21)25/h10-11,14,16-17,20,22,26-27H,8-9,12-13H2,1-7H3/t14-,16?,17-,20?,22-,24?,25-/m0/s1. The van der Waals surface area contributed by atoms with E-state index >= 15 is 0 Å². The van der Waals surface area contributed by atoms with Gasteiger partial charge in [-0.3, -0.25) is 0 Å². The fourth-order valence-electron chi connectivity index (χ4n) is 6.83. The van der Waals surface area contributed by atoms with Gasteiger partial charge < -0.3 is 19.7 Å². The van der Waals surface area contributed by atoms with E-state index in [1.807, 2.05) is 13.0 Å². The lowest BCUT2D eigenvalue weighted by Crippen LogP contribution is -2.66. The Morgan fingerprint density at radius 3 is 2.52 bits per heavy atom. The van der Waals surface area contributed by atoms with Crippen LogP contribution in [-0.4, -0.2) is 35.1 Å². The maximum atomic E-state index is 11.7. The Labute approximate surface area is 175 Å². The van der Waals surface area contributed by atoms with Crippen molar-refractivity contribution in [3.05, 3.63) is 23.3 Å². The molecule has 1 spiro atoms. The minimum absolute atomic E-state index is 0.0343. The monoisotopic (exact) mass is 402 g/mol. The molecule has 1 aliphatic heterocycles. The van der Waals surface area contributed by atoms with E-state index in [0.717, 1.165) is 19.3 Å². The van der Waals surface area contributed by atoms with Crippen LogP contribution < -0.4 is 4.74 Å². The van der Waals surface area contributed by atoms with Gasteiger partial charge in [-0.25, -0.2) is 0 Å². The molecule has 162 valence electrons. The highest BCUT2D eigenvalue weighted by atomic mass is 16.5. The van der Waals surface area contributed by atoms with Gasteiger partial charge >= 0.3 is 0 Å². The second-order valence-electron chi connectivity index (χ2n) is 11.1. The SMILES string of the molecule is COC1[C@@H](C(C)(O)C(C)(C)C)CC2[C@@H](C)CCC[C@@]23c2c(C)ccc(O)c2O[C@@H]13. The Balaban J connectivity index is 1.91. The van der Waals surface area contributed by atoms with E-state index in [2.05, 4.69) is 34.6 Å². The molecule has 1 aromatic carbocycles. The number of rotatable bonds is 2. The molecule has 1 aromatic rings. The van der Waals surface area contributed by atoms with Gasteiger partial charge in [-0.1, -0.05) is 46.6 Å². The first-order chi connectivity index (χ1) is 13.5. The quantitative estimate of drug-likeness (QED) is 0.733. The molecule has 4 rings (SSSR count). The van der Waals surface area contributed by atoms with Gasteiger partial charge in [-0.2, -0.15) is 0 Å². The zero-order valence-corrected chi connectivity index (χ0v) is 19.1. The highest BCUT2D eigenvalue weighted by molar-refractivity contribution is 5.58. The summed E-state index contributed by atoms with van der Waals surface area (Å²) in [6.07, 6.45) is 3.91. The Hall–Kier alpha value is -1.26. The molecule has 29 heavy (non-hydrogen) atoms. The van der Waals surface area contributed by atoms with Crippen LogP contribution in [0.2, 0.25) is 0 Å². The van der Waals surface area contributed by atoms with E-state index in [9.17, 15) is 10.2 Å². The van der Waals surface area contributed by atoms with E-state index in [0.29, 0.717) is 17.6 Å². The molecule has 2 saturated carbocycles. The summed E-state index contributed by atoms with van der Waals surface area (Å²) in [6.45, 7) is 12.8. The number of hydrogen-bond donors (Lipinski definition) is 2. The van der Waals surface area contributed by atoms with Crippen LogP contribution in [0, 0.1) is 30.1 Å². The molecular weight excluding hydrogens is 364 g/mol. The van der Waals surface area contributed by atoms with Crippen molar-refractivity contribution in [1.82, 2.24) is 0 Å². The minimum atomic E-state index is -0.897. The highest BCUT2D eigenvalue weighted by Gasteiger charge is 2.66. The topological polar surface area (TPSA) is 58.9 Å². The Bertz CT molecular complexity index is 793. The number of benzene rings is 1. The third-order valence-electron chi connectivity index (χ3n) is 8.88. The average molecular weight is 403 g/mol. The Morgan fingerprint density at radius 1 is 1.21 bits per heavy atom. The molecule has 0 bridgehead atoms. The van der Waals surface area contributed by atoms with Gasteiger partial charge in [0.15, 0.2) is 11.5 Å². The van der Waals surface area contributed by atoms with Gasteiger partial charge in [0.1, 0.15) is 12.2 Å². The fraction of sp³-hybridized carbons (Fsp3) is 0.760. The average Bonchev–Trinajstić information content (AvgIpc) is 2.98. The first kappa shape index (κ1) is 21.0. The molecule has 0 saturated heterocycles. The predicted molar refractivity (Wildman–Crippen MR) is 114 cm³/mol. The van der Waals surface area contributed by atoms with E-state index in [-0.39, 0.29) is 34.7 Å². The van der Waals surface area contributed by atoms with Crippen LogP contribution >= 0.6 is 0 Å². The summed E-state index contributed by atoms with van der Waals surface area (Å²) >= 11 is 0. The maximum absolute atomic E-state index is 11.7. The number of methoxy groups -OCH3 is 1. The van der Waals surface area contributed by atoms with E-state index in [4.69, 9.17) is 9.47 Å². The summed E-state index contributed by atoms with van der Waals surface area (Å²) < 4.78 is 12.7. The highest BCUT2D eigenvalue weighted by Crippen LogP contribution is 2.65. The number of ether oxygens (including phenoxy) is 2. The molecular formula is C25H38O4. The van der Waals surface area contributed by atoms with Crippen LogP contribution in [-0.2, 0) is 10.2 Å². The zero-order valence-electron chi connectivity index (χ0n) is 19.1. The summed E-state index contributed by atoms with van der Waals surface area (Å²) in [5, 5.41) is 22.4. The molecule has 7 atom stereocenters. The zero-order chi connectivity index (χ0) is 21.4. The van der Waals surface area contributed by atoms with Gasteiger partial charge in [-0.15, -0.1) is 0 Å². The molecule has 0 amide bonds. The van der Waals surface area contributed by atoms with Crippen molar-refractivity contribution in [2.45, 2.75) is 90.4 Å². The number of aryl methyl sites for hydroxylation is 1. The Morgan fingerprint density at radius 2 is 1.90 bits per heavy atom. The number of phenolic OH excluding ortho intramolecular Hbond substituents is 1. The largest absolute Gasteiger partial charge is 0.504 e. The molecule has 2 aliphatic carbocycles. The van der Waals surface area contributed by atoms with Gasteiger partial charge in [0.25, 0.3) is 0 Å². The summed E-state index contributed by atoms with van der Waals surface area (Å²) in [5.74, 6) is 1.77. The van der Waals surface area contributed by atoms with Crippen molar-refractivity contribution in [1.29, 1.82) is 0 Å². The van der Waals surface area contributed by atoms with Crippen LogP contribution in [0.15, 0.2) is 12.1 Å². The first-order valence-electron chi connectivity index (χ1n) is 11.2. The predicted octanol–water partition coefficient (Wildman–Crippen LogP) is 4.97. The number of fused-ring (bicyclic) bond motifs is 1. The third kappa shape index (κ3) is 2.71. The molecule has 2 fully saturated rings. The second-order valence-corrected chi connectivity index (χ2v) is 11.1. The summed E-state index contributed by atoms with van der Waals surface area (Å²) in [7, 11) is 1.75. The molecule has 0 aromatic heterocycles. The molecule has 1 heterocycles. The Kier molecular flexibility index (Phi) is 4.79. The van der Waals surface area contributed by atoms with Crippen molar-refractivity contribution >= 4 is 0 Å². The number of aliphatic hydroxyl groups is 1. The van der Waals surface area contributed by atoms with Crippen molar-refractivity contribution < 1.29 is 19.7 Å². The van der Waals surface area contributed by atoms with Crippen LogP contribution in [0.1, 0.15) is 71.4 Å². The molecule has 2 N–H and O–H groups in total.